The summed E-state index contributed by atoms with van der Waals surface area (Å²) in [5, 5.41) is 7.73. The Labute approximate surface area is 204 Å². The van der Waals surface area contributed by atoms with Crippen LogP contribution < -0.4 is 0 Å². The summed E-state index contributed by atoms with van der Waals surface area (Å²) in [5.41, 5.74) is 1.04. The van der Waals surface area contributed by atoms with Crippen molar-refractivity contribution in [1.82, 2.24) is 34.6 Å². The largest absolute Gasteiger partial charge is 0.444 e. The van der Waals surface area contributed by atoms with E-state index in [-0.39, 0.29) is 12.1 Å². The van der Waals surface area contributed by atoms with Crippen LogP contribution in [0.25, 0.3) is 22.2 Å². The lowest BCUT2D eigenvalue weighted by molar-refractivity contribution is 0.0185. The molecule has 1 amide bonds. The number of hydrogen-bond donors (Lipinski definition) is 0. The number of nitrogens with zero attached hydrogens (tertiary/aromatic N) is 7. The summed E-state index contributed by atoms with van der Waals surface area (Å²) >= 11 is 1.53. The van der Waals surface area contributed by atoms with E-state index in [4.69, 9.17) is 19.8 Å². The monoisotopic (exact) mass is 483 g/mol. The molecule has 3 aromatic rings. The van der Waals surface area contributed by atoms with Crippen molar-refractivity contribution in [3.8, 4) is 22.2 Å². The van der Waals surface area contributed by atoms with E-state index in [2.05, 4.69) is 23.8 Å². The lowest BCUT2D eigenvalue weighted by atomic mass is 10.1. The number of thiazole rings is 1. The molecule has 1 unspecified atom stereocenters. The lowest BCUT2D eigenvalue weighted by Crippen LogP contribution is -2.42. The van der Waals surface area contributed by atoms with Gasteiger partial charge in [0.2, 0.25) is 0 Å². The number of aromatic nitrogens is 6. The molecular weight excluding hydrogens is 450 g/mol. The number of hydrogen-bond acceptors (Lipinski definition) is 8. The van der Waals surface area contributed by atoms with Crippen LogP contribution in [0.5, 0.6) is 0 Å². The van der Waals surface area contributed by atoms with E-state index in [1.54, 1.807) is 23.5 Å². The lowest BCUT2D eigenvalue weighted by Gasteiger charge is -2.33. The summed E-state index contributed by atoms with van der Waals surface area (Å²) in [6, 6.07) is 0.147. The van der Waals surface area contributed by atoms with Gasteiger partial charge in [-0.15, -0.1) is 11.3 Å². The van der Waals surface area contributed by atoms with Gasteiger partial charge in [0.25, 0.3) is 0 Å². The smallest absolute Gasteiger partial charge is 0.410 e. The van der Waals surface area contributed by atoms with Crippen molar-refractivity contribution in [3.05, 3.63) is 29.8 Å². The molecule has 4 rings (SSSR count). The minimum atomic E-state index is -0.497. The fraction of sp³-hybridized carbons (Fsp3) is 0.583. The zero-order valence-electron chi connectivity index (χ0n) is 20.6. The molecule has 34 heavy (non-hydrogen) atoms. The van der Waals surface area contributed by atoms with Gasteiger partial charge in [-0.2, -0.15) is 5.10 Å². The molecule has 0 saturated carbocycles. The molecule has 0 radical (unpaired) electrons. The van der Waals surface area contributed by atoms with Crippen LogP contribution in [-0.4, -0.2) is 59.4 Å². The fourth-order valence-corrected chi connectivity index (χ4v) is 4.62. The fourth-order valence-electron chi connectivity index (χ4n) is 3.86. The van der Waals surface area contributed by atoms with Gasteiger partial charge in [-0.1, -0.05) is 20.3 Å². The van der Waals surface area contributed by atoms with Crippen molar-refractivity contribution < 1.29 is 9.53 Å². The molecule has 1 saturated heterocycles. The highest BCUT2D eigenvalue weighted by molar-refractivity contribution is 7.13. The first kappa shape index (κ1) is 24.3. The SMILES string of the molecule is CCC(C)Cc1nc(-c2csc(-c3cnccn3)n2)n(C2CCN(C(=O)OC(C)(C)C)CC2)n1. The van der Waals surface area contributed by atoms with E-state index in [9.17, 15) is 4.79 Å². The summed E-state index contributed by atoms with van der Waals surface area (Å²) in [5.74, 6) is 2.12. The third-order valence-electron chi connectivity index (χ3n) is 5.88. The van der Waals surface area contributed by atoms with Gasteiger partial charge in [-0.05, 0) is 39.5 Å². The number of carbonyl (C=O) groups excluding carboxylic acids is 1. The molecule has 1 fully saturated rings. The molecule has 3 aromatic heterocycles. The maximum absolute atomic E-state index is 12.5. The Kier molecular flexibility index (Phi) is 7.25. The van der Waals surface area contributed by atoms with E-state index < -0.39 is 5.60 Å². The van der Waals surface area contributed by atoms with Gasteiger partial charge < -0.3 is 9.64 Å². The third-order valence-corrected chi connectivity index (χ3v) is 6.75. The van der Waals surface area contributed by atoms with Gasteiger partial charge in [0.1, 0.15) is 22.0 Å². The number of amides is 1. The molecule has 1 atom stereocenters. The first-order valence-electron chi connectivity index (χ1n) is 11.9. The Balaban J connectivity index is 1.56. The van der Waals surface area contributed by atoms with E-state index in [1.165, 1.54) is 11.3 Å². The van der Waals surface area contributed by atoms with Crippen molar-refractivity contribution in [3.63, 3.8) is 0 Å². The summed E-state index contributed by atoms with van der Waals surface area (Å²) in [4.78, 5) is 32.5. The predicted molar refractivity (Wildman–Crippen MR) is 131 cm³/mol. The van der Waals surface area contributed by atoms with Crippen LogP contribution in [0.2, 0.25) is 0 Å². The number of ether oxygens (including phenoxy) is 1. The van der Waals surface area contributed by atoms with Gasteiger partial charge in [-0.25, -0.2) is 19.4 Å². The zero-order valence-corrected chi connectivity index (χ0v) is 21.4. The van der Waals surface area contributed by atoms with E-state index in [1.807, 2.05) is 30.8 Å². The molecule has 0 aliphatic carbocycles. The highest BCUT2D eigenvalue weighted by atomic mass is 32.1. The number of piperidine rings is 1. The second-order valence-corrected chi connectivity index (χ2v) is 10.7. The number of likely N-dealkylation sites (tertiary alicyclic amines) is 1. The van der Waals surface area contributed by atoms with Crippen molar-refractivity contribution in [2.45, 2.75) is 71.9 Å². The van der Waals surface area contributed by atoms with Gasteiger partial charge in [0.05, 0.1) is 12.2 Å². The van der Waals surface area contributed by atoms with Crippen LogP contribution in [0.15, 0.2) is 24.0 Å². The molecule has 10 heteroatoms. The summed E-state index contributed by atoms with van der Waals surface area (Å²) in [6.45, 7) is 11.3. The number of rotatable bonds is 6. The van der Waals surface area contributed by atoms with Gasteiger partial charge >= 0.3 is 6.09 Å². The minimum absolute atomic E-state index is 0.147. The molecule has 182 valence electrons. The van der Waals surface area contributed by atoms with Gasteiger partial charge in [0.15, 0.2) is 11.6 Å². The molecule has 0 spiro atoms. The maximum Gasteiger partial charge on any atom is 0.410 e. The third kappa shape index (κ3) is 5.78. The molecule has 9 nitrogen and oxygen atoms in total. The second-order valence-electron chi connectivity index (χ2n) is 9.84. The first-order chi connectivity index (χ1) is 16.2. The van der Waals surface area contributed by atoms with Crippen LogP contribution in [0.4, 0.5) is 4.79 Å². The topological polar surface area (TPSA) is 98.9 Å². The van der Waals surface area contributed by atoms with Crippen LogP contribution >= 0.6 is 11.3 Å². The Morgan fingerprint density at radius 2 is 1.97 bits per heavy atom. The quantitative estimate of drug-likeness (QED) is 0.485. The molecule has 4 heterocycles. The van der Waals surface area contributed by atoms with Crippen molar-refractivity contribution in [1.29, 1.82) is 0 Å². The Morgan fingerprint density at radius 3 is 2.62 bits per heavy atom. The minimum Gasteiger partial charge on any atom is -0.444 e. The highest BCUT2D eigenvalue weighted by Gasteiger charge is 2.30. The summed E-state index contributed by atoms with van der Waals surface area (Å²) in [7, 11) is 0. The Bertz CT molecular complexity index is 1100. The standard InChI is InChI=1S/C24H33N7O2S/c1-6-16(2)13-20-28-21(19-15-34-22(27-19)18-14-25-9-10-26-18)31(29-20)17-7-11-30(12-8-17)23(32)33-24(3,4)5/h9-10,14-17H,6-8,11-13H2,1-5H3. The second kappa shape index (κ2) is 10.2. The van der Waals surface area contributed by atoms with E-state index in [0.717, 1.165) is 53.7 Å². The average Bonchev–Trinajstić information content (AvgIpc) is 3.46. The van der Waals surface area contributed by atoms with Crippen molar-refractivity contribution >= 4 is 17.4 Å². The molecule has 0 aromatic carbocycles. The molecule has 1 aliphatic heterocycles. The molecule has 0 N–H and O–H groups in total. The van der Waals surface area contributed by atoms with Gasteiger partial charge in [0, 0.05) is 37.3 Å². The van der Waals surface area contributed by atoms with Crippen LogP contribution in [0.3, 0.4) is 0 Å². The average molecular weight is 484 g/mol. The Hall–Kier alpha value is -2.88. The highest BCUT2D eigenvalue weighted by Crippen LogP contribution is 2.31. The summed E-state index contributed by atoms with van der Waals surface area (Å²) in [6.07, 6.45) is 8.27. The predicted octanol–water partition coefficient (Wildman–Crippen LogP) is 5.02. The van der Waals surface area contributed by atoms with E-state index >= 15 is 0 Å². The van der Waals surface area contributed by atoms with Gasteiger partial charge in [-0.3, -0.25) is 9.97 Å². The van der Waals surface area contributed by atoms with Crippen molar-refractivity contribution in [2.24, 2.45) is 5.92 Å². The first-order valence-corrected chi connectivity index (χ1v) is 12.8. The molecular formula is C24H33N7O2S. The maximum atomic E-state index is 12.5. The molecule has 1 aliphatic rings. The zero-order chi connectivity index (χ0) is 24.3. The molecule has 0 bridgehead atoms. The summed E-state index contributed by atoms with van der Waals surface area (Å²) < 4.78 is 7.58. The Morgan fingerprint density at radius 1 is 1.21 bits per heavy atom. The normalized spacial score (nSPS) is 16.0. The van der Waals surface area contributed by atoms with Crippen LogP contribution in [0, 0.1) is 5.92 Å². The van der Waals surface area contributed by atoms with E-state index in [0.29, 0.717) is 19.0 Å². The number of carbonyl (C=O) groups is 1. The van der Waals surface area contributed by atoms with Crippen molar-refractivity contribution in [2.75, 3.05) is 13.1 Å². The van der Waals surface area contributed by atoms with Crippen LogP contribution in [-0.2, 0) is 11.2 Å². The van der Waals surface area contributed by atoms with Crippen LogP contribution in [0.1, 0.15) is 65.7 Å².